The smallest absolute Gasteiger partial charge is 0.353 e. The van der Waals surface area contributed by atoms with Gasteiger partial charge in [-0.15, -0.1) is 0 Å². The predicted molar refractivity (Wildman–Crippen MR) is 63.1 cm³/mol. The molecule has 1 fully saturated rings. The van der Waals surface area contributed by atoms with E-state index >= 15 is 0 Å². The third-order valence-corrected chi connectivity index (χ3v) is 3.39. The molecule has 0 atom stereocenters. The van der Waals surface area contributed by atoms with Crippen molar-refractivity contribution in [3.8, 4) is 0 Å². The number of rotatable bonds is 5. The summed E-state index contributed by atoms with van der Waals surface area (Å²) in [6.07, 6.45) is -1.78. The van der Waals surface area contributed by atoms with Crippen LogP contribution in [-0.2, 0) is 4.79 Å². The lowest BCUT2D eigenvalue weighted by Gasteiger charge is -2.30. The van der Waals surface area contributed by atoms with Crippen molar-refractivity contribution in [1.82, 2.24) is 10.6 Å². The number of alkyl halides is 3. The van der Waals surface area contributed by atoms with Crippen molar-refractivity contribution in [1.29, 1.82) is 0 Å². The number of carbonyl (C=O) groups is 1. The van der Waals surface area contributed by atoms with Crippen LogP contribution in [0.2, 0.25) is 0 Å². The molecule has 0 radical (unpaired) electrons. The zero-order valence-electron chi connectivity index (χ0n) is 10.6. The van der Waals surface area contributed by atoms with E-state index in [1.807, 2.05) is 7.05 Å². The summed E-state index contributed by atoms with van der Waals surface area (Å²) in [6, 6.07) is -0.0781. The van der Waals surface area contributed by atoms with E-state index in [0.29, 0.717) is 19.3 Å². The number of hydrogen-bond donors (Lipinski definition) is 2. The summed E-state index contributed by atoms with van der Waals surface area (Å²) in [5.41, 5.74) is 0. The summed E-state index contributed by atoms with van der Waals surface area (Å²) in [4.78, 5) is 11.5. The van der Waals surface area contributed by atoms with Gasteiger partial charge in [0.05, 0.1) is 5.92 Å². The second kappa shape index (κ2) is 6.97. The van der Waals surface area contributed by atoms with E-state index in [-0.39, 0.29) is 24.8 Å². The van der Waals surface area contributed by atoms with Gasteiger partial charge >= 0.3 is 6.18 Å². The lowest BCUT2D eigenvalue weighted by molar-refractivity contribution is -0.182. The van der Waals surface area contributed by atoms with Crippen LogP contribution in [-0.4, -0.2) is 31.7 Å². The van der Waals surface area contributed by atoms with E-state index in [1.54, 1.807) is 0 Å². The minimum absolute atomic E-state index is 0.0549. The number of amides is 1. The molecule has 1 rings (SSSR count). The van der Waals surface area contributed by atoms with Crippen molar-refractivity contribution in [2.75, 3.05) is 13.6 Å². The third-order valence-electron chi connectivity index (χ3n) is 3.39. The minimum atomic E-state index is -4.08. The standard InChI is InChI=1S/C12H21F3N2O/c1-16-8-2-3-11(18)17-10-6-4-9(5-7-10)12(13,14)15/h9-10,16H,2-8H2,1H3,(H,17,18). The van der Waals surface area contributed by atoms with Crippen molar-refractivity contribution < 1.29 is 18.0 Å². The predicted octanol–water partition coefficient (Wildman–Crippen LogP) is 2.22. The van der Waals surface area contributed by atoms with Gasteiger partial charge in [-0.05, 0) is 45.7 Å². The highest BCUT2D eigenvalue weighted by molar-refractivity contribution is 5.76. The van der Waals surface area contributed by atoms with Crippen LogP contribution in [0.1, 0.15) is 38.5 Å². The highest BCUT2D eigenvalue weighted by Crippen LogP contribution is 2.37. The van der Waals surface area contributed by atoms with Crippen LogP contribution < -0.4 is 10.6 Å². The molecule has 1 aliphatic carbocycles. The molecule has 0 spiro atoms. The lowest BCUT2D eigenvalue weighted by atomic mass is 9.85. The second-order valence-corrected chi connectivity index (χ2v) is 4.86. The molecule has 0 saturated heterocycles. The third kappa shape index (κ3) is 5.25. The number of carbonyl (C=O) groups excluding carboxylic acids is 1. The summed E-state index contributed by atoms with van der Waals surface area (Å²) in [5, 5.41) is 5.76. The normalized spacial score (nSPS) is 24.9. The Morgan fingerprint density at radius 2 is 1.83 bits per heavy atom. The summed E-state index contributed by atoms with van der Waals surface area (Å²) >= 11 is 0. The van der Waals surface area contributed by atoms with Gasteiger partial charge in [-0.1, -0.05) is 0 Å². The van der Waals surface area contributed by atoms with Crippen molar-refractivity contribution >= 4 is 5.91 Å². The van der Waals surface area contributed by atoms with Gasteiger partial charge in [0, 0.05) is 12.5 Å². The van der Waals surface area contributed by atoms with E-state index in [4.69, 9.17) is 0 Å². The van der Waals surface area contributed by atoms with Crippen LogP contribution in [0.25, 0.3) is 0 Å². The molecule has 0 heterocycles. The highest BCUT2D eigenvalue weighted by atomic mass is 19.4. The van der Waals surface area contributed by atoms with E-state index in [9.17, 15) is 18.0 Å². The number of hydrogen-bond acceptors (Lipinski definition) is 2. The molecular formula is C12H21F3N2O. The molecule has 0 unspecified atom stereocenters. The van der Waals surface area contributed by atoms with Gasteiger partial charge in [-0.25, -0.2) is 0 Å². The molecule has 0 aromatic rings. The van der Waals surface area contributed by atoms with Gasteiger partial charge in [0.25, 0.3) is 0 Å². The summed E-state index contributed by atoms with van der Waals surface area (Å²) in [5.74, 6) is -1.24. The molecule has 6 heteroatoms. The van der Waals surface area contributed by atoms with Gasteiger partial charge in [0.1, 0.15) is 0 Å². The van der Waals surface area contributed by atoms with E-state index < -0.39 is 12.1 Å². The number of nitrogens with one attached hydrogen (secondary N) is 2. The van der Waals surface area contributed by atoms with Gasteiger partial charge < -0.3 is 10.6 Å². The molecule has 0 bridgehead atoms. The molecule has 3 nitrogen and oxygen atoms in total. The van der Waals surface area contributed by atoms with Gasteiger partial charge in [0.15, 0.2) is 0 Å². The maximum absolute atomic E-state index is 12.4. The van der Waals surface area contributed by atoms with Gasteiger partial charge in [0.2, 0.25) is 5.91 Å². The fourth-order valence-electron chi connectivity index (χ4n) is 2.29. The second-order valence-electron chi connectivity index (χ2n) is 4.86. The van der Waals surface area contributed by atoms with E-state index in [1.165, 1.54) is 0 Å². The lowest BCUT2D eigenvalue weighted by Crippen LogP contribution is -2.40. The van der Waals surface area contributed by atoms with Crippen LogP contribution in [0.15, 0.2) is 0 Å². The minimum Gasteiger partial charge on any atom is -0.353 e. The first-order valence-electron chi connectivity index (χ1n) is 6.44. The summed E-state index contributed by atoms with van der Waals surface area (Å²) in [6.45, 7) is 0.772. The average Bonchev–Trinajstić information content (AvgIpc) is 2.29. The summed E-state index contributed by atoms with van der Waals surface area (Å²) in [7, 11) is 1.82. The SMILES string of the molecule is CNCCCC(=O)NC1CCC(C(F)(F)F)CC1. The molecule has 1 saturated carbocycles. The van der Waals surface area contributed by atoms with Gasteiger partial charge in [-0.3, -0.25) is 4.79 Å². The molecule has 0 aromatic carbocycles. The Morgan fingerprint density at radius 3 is 2.33 bits per heavy atom. The zero-order valence-corrected chi connectivity index (χ0v) is 10.6. The van der Waals surface area contributed by atoms with Gasteiger partial charge in [-0.2, -0.15) is 13.2 Å². The quantitative estimate of drug-likeness (QED) is 0.749. The molecule has 2 N–H and O–H groups in total. The van der Waals surface area contributed by atoms with Crippen molar-refractivity contribution in [3.05, 3.63) is 0 Å². The van der Waals surface area contributed by atoms with Crippen LogP contribution in [0.3, 0.4) is 0 Å². The topological polar surface area (TPSA) is 41.1 Å². The molecule has 106 valence electrons. The monoisotopic (exact) mass is 266 g/mol. The molecule has 0 aliphatic heterocycles. The zero-order chi connectivity index (χ0) is 13.6. The Hall–Kier alpha value is -0.780. The fraction of sp³-hybridized carbons (Fsp3) is 0.917. The Bertz CT molecular complexity index is 261. The van der Waals surface area contributed by atoms with E-state index in [0.717, 1.165) is 13.0 Å². The molecular weight excluding hydrogens is 245 g/mol. The van der Waals surface area contributed by atoms with Crippen LogP contribution >= 0.6 is 0 Å². The number of halogens is 3. The van der Waals surface area contributed by atoms with Crippen molar-refractivity contribution in [2.24, 2.45) is 5.92 Å². The van der Waals surface area contributed by atoms with Crippen LogP contribution in [0.5, 0.6) is 0 Å². The first kappa shape index (κ1) is 15.3. The average molecular weight is 266 g/mol. The van der Waals surface area contributed by atoms with Crippen molar-refractivity contribution in [2.45, 2.75) is 50.7 Å². The maximum atomic E-state index is 12.4. The molecule has 1 aliphatic rings. The highest BCUT2D eigenvalue weighted by Gasteiger charge is 2.41. The molecule has 0 aromatic heterocycles. The maximum Gasteiger partial charge on any atom is 0.391 e. The Labute approximate surface area is 106 Å². The fourth-order valence-corrected chi connectivity index (χ4v) is 2.29. The Balaban J connectivity index is 2.21. The first-order valence-corrected chi connectivity index (χ1v) is 6.44. The Morgan fingerprint density at radius 1 is 1.22 bits per heavy atom. The Kier molecular flexibility index (Phi) is 5.91. The first-order chi connectivity index (χ1) is 8.43. The van der Waals surface area contributed by atoms with Crippen LogP contribution in [0, 0.1) is 5.92 Å². The van der Waals surface area contributed by atoms with Crippen LogP contribution in [0.4, 0.5) is 13.2 Å². The largest absolute Gasteiger partial charge is 0.391 e. The van der Waals surface area contributed by atoms with E-state index in [2.05, 4.69) is 10.6 Å². The molecule has 1 amide bonds. The summed E-state index contributed by atoms with van der Waals surface area (Å²) < 4.78 is 37.3. The van der Waals surface area contributed by atoms with Crippen molar-refractivity contribution in [3.63, 3.8) is 0 Å². The molecule has 18 heavy (non-hydrogen) atoms.